The van der Waals surface area contributed by atoms with Gasteiger partial charge in [0.2, 0.25) is 11.8 Å². The second-order valence-electron chi connectivity index (χ2n) is 7.11. The van der Waals surface area contributed by atoms with Gasteiger partial charge in [-0.1, -0.05) is 42.5 Å². The number of methoxy groups -OCH3 is 1. The summed E-state index contributed by atoms with van der Waals surface area (Å²) in [6.45, 7) is 0.816. The predicted octanol–water partition coefficient (Wildman–Crippen LogP) is 2.54. The quantitative estimate of drug-likeness (QED) is 0.495. The molecule has 1 heterocycles. The minimum Gasteiger partial charge on any atom is -0.469 e. The van der Waals surface area contributed by atoms with Crippen molar-refractivity contribution in [3.63, 3.8) is 0 Å². The van der Waals surface area contributed by atoms with Gasteiger partial charge in [-0.3, -0.25) is 24.1 Å². The van der Waals surface area contributed by atoms with Crippen LogP contribution < -0.4 is 0 Å². The van der Waals surface area contributed by atoms with Crippen LogP contribution in [0, 0.1) is 0 Å². The molecule has 0 N–H and O–H groups in total. The Morgan fingerprint density at radius 1 is 0.933 bits per heavy atom. The lowest BCUT2D eigenvalue weighted by Gasteiger charge is -2.23. The summed E-state index contributed by atoms with van der Waals surface area (Å²) in [4.78, 5) is 51.1. The molecule has 30 heavy (non-hydrogen) atoms. The minimum atomic E-state index is -0.379. The Balaban J connectivity index is 1.71. The number of hydrogen-bond acceptors (Lipinski definition) is 5. The van der Waals surface area contributed by atoms with E-state index in [1.165, 1.54) is 12.0 Å². The van der Waals surface area contributed by atoms with Crippen molar-refractivity contribution in [2.45, 2.75) is 32.4 Å². The van der Waals surface area contributed by atoms with E-state index < -0.39 is 0 Å². The number of amides is 3. The monoisotopic (exact) mass is 408 g/mol. The first-order chi connectivity index (χ1) is 14.5. The van der Waals surface area contributed by atoms with E-state index in [2.05, 4.69) is 0 Å². The molecule has 1 fully saturated rings. The molecule has 156 valence electrons. The average molecular weight is 408 g/mol. The highest BCUT2D eigenvalue weighted by molar-refractivity contribution is 6.01. The van der Waals surface area contributed by atoms with E-state index in [9.17, 15) is 19.2 Å². The topological polar surface area (TPSA) is 84.0 Å². The van der Waals surface area contributed by atoms with Crippen molar-refractivity contribution in [2.75, 3.05) is 13.7 Å². The summed E-state index contributed by atoms with van der Waals surface area (Å²) in [6.07, 6.45) is 0.612. The zero-order valence-electron chi connectivity index (χ0n) is 16.9. The molecule has 7 heteroatoms. The third-order valence-corrected chi connectivity index (χ3v) is 5.01. The highest BCUT2D eigenvalue weighted by atomic mass is 16.5. The Morgan fingerprint density at radius 3 is 2.17 bits per heavy atom. The number of likely N-dealkylation sites (tertiary alicyclic amines) is 1. The zero-order chi connectivity index (χ0) is 21.5. The SMILES string of the molecule is COC(=O)CCN(Cc1ccccc1)C(=O)c1ccc(CN2C(=O)CCC2=O)cc1. The number of ether oxygens (including phenoxy) is 1. The van der Waals surface area contributed by atoms with Crippen LogP contribution in [0.5, 0.6) is 0 Å². The van der Waals surface area contributed by atoms with Crippen LogP contribution in [0.2, 0.25) is 0 Å². The molecule has 2 aromatic carbocycles. The van der Waals surface area contributed by atoms with Crippen molar-refractivity contribution in [3.8, 4) is 0 Å². The lowest BCUT2D eigenvalue weighted by molar-refractivity contribution is -0.141. The molecule has 1 saturated heterocycles. The number of benzene rings is 2. The van der Waals surface area contributed by atoms with Crippen LogP contribution in [-0.4, -0.2) is 47.1 Å². The van der Waals surface area contributed by atoms with Crippen LogP contribution in [0.4, 0.5) is 0 Å². The number of rotatable bonds is 8. The summed E-state index contributed by atoms with van der Waals surface area (Å²) >= 11 is 0. The van der Waals surface area contributed by atoms with Gasteiger partial charge in [-0.15, -0.1) is 0 Å². The average Bonchev–Trinajstić information content (AvgIpc) is 3.09. The van der Waals surface area contributed by atoms with Crippen LogP contribution >= 0.6 is 0 Å². The van der Waals surface area contributed by atoms with Gasteiger partial charge in [0.05, 0.1) is 20.1 Å². The maximum Gasteiger partial charge on any atom is 0.307 e. The highest BCUT2D eigenvalue weighted by Gasteiger charge is 2.28. The Kier molecular flexibility index (Phi) is 6.95. The second-order valence-corrected chi connectivity index (χ2v) is 7.11. The largest absolute Gasteiger partial charge is 0.469 e. The van der Waals surface area contributed by atoms with Crippen molar-refractivity contribution in [1.29, 1.82) is 0 Å². The van der Waals surface area contributed by atoms with Crippen molar-refractivity contribution < 1.29 is 23.9 Å². The maximum atomic E-state index is 13.1. The fraction of sp³-hybridized carbons (Fsp3) is 0.304. The molecular formula is C23H24N2O5. The standard InChI is InChI=1S/C23H24N2O5/c1-30-22(28)13-14-24(15-17-5-3-2-4-6-17)23(29)19-9-7-18(8-10-19)16-25-20(26)11-12-21(25)27/h2-10H,11-16H2,1H3. The first-order valence-electron chi connectivity index (χ1n) is 9.80. The van der Waals surface area contributed by atoms with E-state index in [1.54, 1.807) is 29.2 Å². The molecule has 1 aliphatic heterocycles. The van der Waals surface area contributed by atoms with Crippen LogP contribution in [0.3, 0.4) is 0 Å². The molecule has 7 nitrogen and oxygen atoms in total. The molecule has 0 unspecified atom stereocenters. The molecule has 0 aliphatic carbocycles. The lowest BCUT2D eigenvalue weighted by Crippen LogP contribution is -2.33. The van der Waals surface area contributed by atoms with Crippen molar-refractivity contribution in [1.82, 2.24) is 9.80 Å². The highest BCUT2D eigenvalue weighted by Crippen LogP contribution is 2.17. The predicted molar refractivity (Wildman–Crippen MR) is 109 cm³/mol. The number of imide groups is 1. The van der Waals surface area contributed by atoms with E-state index in [0.29, 0.717) is 12.1 Å². The van der Waals surface area contributed by atoms with Crippen molar-refractivity contribution in [3.05, 3.63) is 71.3 Å². The van der Waals surface area contributed by atoms with Gasteiger partial charge in [0.25, 0.3) is 5.91 Å². The lowest BCUT2D eigenvalue weighted by atomic mass is 10.1. The number of carbonyl (C=O) groups excluding carboxylic acids is 4. The Hall–Kier alpha value is -3.48. The minimum absolute atomic E-state index is 0.104. The molecule has 0 atom stereocenters. The fourth-order valence-corrected chi connectivity index (χ4v) is 3.30. The molecule has 0 saturated carbocycles. The molecule has 1 aliphatic rings. The summed E-state index contributed by atoms with van der Waals surface area (Å²) in [5.41, 5.74) is 2.20. The normalized spacial score (nSPS) is 13.4. The van der Waals surface area contributed by atoms with Gasteiger partial charge in [0.15, 0.2) is 0 Å². The Morgan fingerprint density at radius 2 is 1.57 bits per heavy atom. The van der Waals surface area contributed by atoms with E-state index in [0.717, 1.165) is 11.1 Å². The van der Waals surface area contributed by atoms with Gasteiger partial charge in [0, 0.05) is 31.5 Å². The molecule has 0 radical (unpaired) electrons. The molecule has 0 aromatic heterocycles. The van der Waals surface area contributed by atoms with E-state index in [-0.39, 0.29) is 56.0 Å². The summed E-state index contributed by atoms with van der Waals surface area (Å²) in [7, 11) is 1.32. The number of nitrogens with zero attached hydrogens (tertiary/aromatic N) is 2. The second kappa shape index (κ2) is 9.82. The van der Waals surface area contributed by atoms with Gasteiger partial charge in [-0.05, 0) is 23.3 Å². The van der Waals surface area contributed by atoms with Gasteiger partial charge in [-0.2, -0.15) is 0 Å². The van der Waals surface area contributed by atoms with Gasteiger partial charge >= 0.3 is 5.97 Å². The summed E-state index contributed by atoms with van der Waals surface area (Å²) < 4.78 is 4.70. The van der Waals surface area contributed by atoms with Gasteiger partial charge < -0.3 is 9.64 Å². The van der Waals surface area contributed by atoms with Gasteiger partial charge in [0.1, 0.15) is 0 Å². The summed E-state index contributed by atoms with van der Waals surface area (Å²) in [5, 5.41) is 0. The molecule has 3 rings (SSSR count). The van der Waals surface area contributed by atoms with Crippen LogP contribution in [0.25, 0.3) is 0 Å². The van der Waals surface area contributed by atoms with Crippen LogP contribution in [0.15, 0.2) is 54.6 Å². The zero-order valence-corrected chi connectivity index (χ0v) is 16.9. The Bertz CT molecular complexity index is 908. The first kappa shape index (κ1) is 21.2. The third kappa shape index (κ3) is 5.31. The van der Waals surface area contributed by atoms with E-state index in [4.69, 9.17) is 4.74 Å². The molecule has 3 amide bonds. The fourth-order valence-electron chi connectivity index (χ4n) is 3.30. The number of carbonyl (C=O) groups is 4. The van der Waals surface area contributed by atoms with E-state index >= 15 is 0 Å². The van der Waals surface area contributed by atoms with Crippen molar-refractivity contribution in [2.24, 2.45) is 0 Å². The van der Waals surface area contributed by atoms with Crippen LogP contribution in [0.1, 0.15) is 40.7 Å². The van der Waals surface area contributed by atoms with Gasteiger partial charge in [-0.25, -0.2) is 0 Å². The molecule has 2 aromatic rings. The molecule has 0 spiro atoms. The number of hydrogen-bond donors (Lipinski definition) is 0. The van der Waals surface area contributed by atoms with Crippen molar-refractivity contribution >= 4 is 23.7 Å². The third-order valence-electron chi connectivity index (χ3n) is 5.01. The number of esters is 1. The Labute approximate surface area is 175 Å². The molecule has 0 bridgehead atoms. The summed E-state index contributed by atoms with van der Waals surface area (Å²) in [6, 6.07) is 16.4. The first-order valence-corrected chi connectivity index (χ1v) is 9.80. The summed E-state index contributed by atoms with van der Waals surface area (Å²) in [5.74, 6) is -0.923. The molecular weight excluding hydrogens is 384 g/mol. The van der Waals surface area contributed by atoms with E-state index in [1.807, 2.05) is 30.3 Å². The smallest absolute Gasteiger partial charge is 0.307 e. The maximum absolute atomic E-state index is 13.1. The van der Waals surface area contributed by atoms with Crippen LogP contribution in [-0.2, 0) is 32.2 Å².